The molecule has 27 heavy (non-hydrogen) atoms. The lowest BCUT2D eigenvalue weighted by atomic mass is 9.68. The highest BCUT2D eigenvalue weighted by molar-refractivity contribution is 7.10. The van der Waals surface area contributed by atoms with Gasteiger partial charge in [-0.1, -0.05) is 18.1 Å². The fourth-order valence-electron chi connectivity index (χ4n) is 4.11. The van der Waals surface area contributed by atoms with Crippen molar-refractivity contribution in [2.75, 3.05) is 0 Å². The van der Waals surface area contributed by atoms with E-state index < -0.39 is 17.1 Å². The molecule has 0 amide bonds. The van der Waals surface area contributed by atoms with Crippen molar-refractivity contribution < 1.29 is 13.5 Å². The topological polar surface area (TPSA) is 47.6 Å². The van der Waals surface area contributed by atoms with Gasteiger partial charge in [0.05, 0.1) is 12.8 Å². The molecule has 1 spiro atoms. The number of benzene rings is 1. The van der Waals surface area contributed by atoms with Crippen molar-refractivity contribution in [2.24, 2.45) is 10.7 Å². The summed E-state index contributed by atoms with van der Waals surface area (Å²) in [6.45, 7) is 3.75. The van der Waals surface area contributed by atoms with Crippen molar-refractivity contribution in [3.05, 3.63) is 46.2 Å². The fourth-order valence-corrected chi connectivity index (χ4v) is 5.14. The summed E-state index contributed by atoms with van der Waals surface area (Å²) >= 11 is 1.56. The first kappa shape index (κ1) is 18.0. The molecule has 3 nitrogen and oxygen atoms in total. The van der Waals surface area contributed by atoms with Crippen LogP contribution in [0.3, 0.4) is 0 Å². The molecule has 0 radical (unpaired) electrons. The molecule has 0 bridgehead atoms. The second-order valence-corrected chi connectivity index (χ2v) is 8.46. The van der Waals surface area contributed by atoms with Gasteiger partial charge in [0.2, 0.25) is 0 Å². The Bertz CT molecular complexity index is 977. The van der Waals surface area contributed by atoms with Gasteiger partial charge >= 0.3 is 0 Å². The van der Waals surface area contributed by atoms with Crippen LogP contribution in [-0.4, -0.2) is 17.5 Å². The van der Waals surface area contributed by atoms with Gasteiger partial charge in [0.1, 0.15) is 11.1 Å². The number of halogens is 2. The van der Waals surface area contributed by atoms with Gasteiger partial charge in [-0.3, -0.25) is 0 Å². The van der Waals surface area contributed by atoms with Crippen molar-refractivity contribution in [1.29, 1.82) is 0 Å². The Morgan fingerprint density at radius 1 is 1.19 bits per heavy atom. The summed E-state index contributed by atoms with van der Waals surface area (Å²) in [7, 11) is 0. The maximum Gasteiger partial charge on any atom is 0.283 e. The number of aliphatic imine (C=N–C) groups is 1. The Morgan fingerprint density at radius 3 is 2.67 bits per heavy atom. The number of alkyl halides is 2. The second-order valence-electron chi connectivity index (χ2n) is 7.55. The number of hydrogen-bond donors (Lipinski definition) is 1. The van der Waals surface area contributed by atoms with E-state index in [-0.39, 0.29) is 18.9 Å². The first-order valence-electron chi connectivity index (χ1n) is 8.77. The van der Waals surface area contributed by atoms with E-state index in [0.717, 1.165) is 21.6 Å². The number of amidine groups is 1. The maximum absolute atomic E-state index is 13.5. The Labute approximate surface area is 161 Å². The minimum Gasteiger partial charge on any atom is -0.458 e. The van der Waals surface area contributed by atoms with Gasteiger partial charge in [-0.15, -0.1) is 17.3 Å². The molecule has 2 heterocycles. The van der Waals surface area contributed by atoms with Crippen molar-refractivity contribution >= 4 is 17.4 Å². The largest absolute Gasteiger partial charge is 0.458 e. The summed E-state index contributed by atoms with van der Waals surface area (Å²) in [5, 5.41) is 2.06. The van der Waals surface area contributed by atoms with Crippen LogP contribution in [0.5, 0.6) is 0 Å². The van der Waals surface area contributed by atoms with Crippen molar-refractivity contribution in [3.8, 4) is 23.0 Å². The van der Waals surface area contributed by atoms with Gasteiger partial charge in [-0.05, 0) is 48.6 Å². The lowest BCUT2D eigenvalue weighted by molar-refractivity contribution is -0.210. The van der Waals surface area contributed by atoms with E-state index in [1.54, 1.807) is 11.3 Å². The summed E-state index contributed by atoms with van der Waals surface area (Å²) in [6, 6.07) is 10.1. The molecule has 1 fully saturated rings. The van der Waals surface area contributed by atoms with E-state index in [4.69, 9.17) is 10.5 Å². The molecule has 2 aliphatic rings. The minimum atomic E-state index is -2.68. The van der Waals surface area contributed by atoms with Crippen LogP contribution in [0.2, 0.25) is 0 Å². The van der Waals surface area contributed by atoms with Crippen LogP contribution in [0.25, 0.3) is 11.1 Å². The molecule has 1 aromatic carbocycles. The van der Waals surface area contributed by atoms with Gasteiger partial charge < -0.3 is 10.5 Å². The monoisotopic (exact) mass is 386 g/mol. The van der Waals surface area contributed by atoms with Crippen LogP contribution in [-0.2, 0) is 10.3 Å². The molecule has 2 N–H and O–H groups in total. The average molecular weight is 386 g/mol. The lowest BCUT2D eigenvalue weighted by Gasteiger charge is -2.51. The van der Waals surface area contributed by atoms with Gasteiger partial charge in [0.15, 0.2) is 0 Å². The number of rotatable bonds is 2. The molecule has 140 valence electrons. The Kier molecular flexibility index (Phi) is 4.04. The molecule has 6 heteroatoms. The van der Waals surface area contributed by atoms with E-state index >= 15 is 0 Å². The first-order valence-corrected chi connectivity index (χ1v) is 9.65. The quantitative estimate of drug-likeness (QED) is 0.746. The third-order valence-electron chi connectivity index (χ3n) is 5.10. The molecule has 1 aromatic heterocycles. The molecule has 1 saturated carbocycles. The standard InChI is InChI=1S/C21H20F2N2OS/c1-3-5-14-6-4-7-15(8-14)16-9-17(27-10-16)19(2)11-20(26-18(24)25-19)12-21(22,23)13-20/h4,6-10H,11-13H2,1-2H3,(H2,24,25). The highest BCUT2D eigenvalue weighted by atomic mass is 32.1. The Morgan fingerprint density at radius 2 is 1.96 bits per heavy atom. The average Bonchev–Trinajstić information content (AvgIpc) is 3.03. The van der Waals surface area contributed by atoms with E-state index in [1.165, 1.54) is 0 Å². The summed E-state index contributed by atoms with van der Waals surface area (Å²) in [4.78, 5) is 5.47. The van der Waals surface area contributed by atoms with Crippen LogP contribution >= 0.6 is 11.3 Å². The molecule has 2 aromatic rings. The smallest absolute Gasteiger partial charge is 0.283 e. The fraction of sp³-hybridized carbons (Fsp3) is 0.381. The number of nitrogens with zero attached hydrogens (tertiary/aromatic N) is 1. The summed E-state index contributed by atoms with van der Waals surface area (Å²) in [6.07, 6.45) is -0.207. The van der Waals surface area contributed by atoms with Gasteiger partial charge in [-0.2, -0.15) is 0 Å². The predicted molar refractivity (Wildman–Crippen MR) is 104 cm³/mol. The van der Waals surface area contributed by atoms with Gasteiger partial charge in [-0.25, -0.2) is 13.8 Å². The Hall–Kier alpha value is -2.39. The van der Waals surface area contributed by atoms with Crippen LogP contribution < -0.4 is 5.73 Å². The SMILES string of the molecule is CC#Cc1cccc(-c2csc(C3(C)CC4(CC(F)(F)C4)OC(N)=N3)c2)c1. The zero-order valence-corrected chi connectivity index (χ0v) is 16.0. The summed E-state index contributed by atoms with van der Waals surface area (Å²) < 4.78 is 32.5. The zero-order valence-electron chi connectivity index (χ0n) is 15.2. The molecular weight excluding hydrogens is 366 g/mol. The third kappa shape index (κ3) is 3.32. The van der Waals surface area contributed by atoms with E-state index in [0.29, 0.717) is 6.42 Å². The molecule has 4 rings (SSSR count). The van der Waals surface area contributed by atoms with Crippen molar-refractivity contribution in [3.63, 3.8) is 0 Å². The summed E-state index contributed by atoms with van der Waals surface area (Å²) in [5.41, 5.74) is 7.37. The molecule has 0 saturated heterocycles. The lowest BCUT2D eigenvalue weighted by Crippen LogP contribution is -2.60. The van der Waals surface area contributed by atoms with E-state index in [2.05, 4.69) is 28.3 Å². The molecule has 1 atom stereocenters. The number of nitrogens with two attached hydrogens (primary N) is 1. The van der Waals surface area contributed by atoms with E-state index in [1.807, 2.05) is 38.1 Å². The molecule has 1 unspecified atom stereocenters. The predicted octanol–water partition coefficient (Wildman–Crippen LogP) is 4.90. The first-order chi connectivity index (χ1) is 12.7. The number of hydrogen-bond acceptors (Lipinski definition) is 4. The molecule has 1 aliphatic carbocycles. The van der Waals surface area contributed by atoms with Crippen LogP contribution in [0.4, 0.5) is 8.78 Å². The normalized spacial score (nSPS) is 25.0. The number of thiophene rings is 1. The van der Waals surface area contributed by atoms with Gasteiger partial charge in [0, 0.05) is 16.9 Å². The van der Waals surface area contributed by atoms with Crippen molar-refractivity contribution in [1.82, 2.24) is 0 Å². The summed E-state index contributed by atoms with van der Waals surface area (Å²) in [5.74, 6) is 3.29. The highest BCUT2D eigenvalue weighted by Gasteiger charge is 2.62. The van der Waals surface area contributed by atoms with Crippen molar-refractivity contribution in [2.45, 2.75) is 50.2 Å². The Balaban J connectivity index is 1.65. The third-order valence-corrected chi connectivity index (χ3v) is 6.28. The second kappa shape index (κ2) is 6.07. The molecular formula is C21H20F2N2OS. The number of ether oxygens (including phenoxy) is 1. The highest BCUT2D eigenvalue weighted by Crippen LogP contribution is 2.55. The minimum absolute atomic E-state index is 0.00517. The zero-order chi connectivity index (χ0) is 19.3. The maximum atomic E-state index is 13.5. The van der Waals surface area contributed by atoms with Crippen LogP contribution in [0.15, 0.2) is 40.7 Å². The van der Waals surface area contributed by atoms with E-state index in [9.17, 15) is 8.78 Å². The van der Waals surface area contributed by atoms with Crippen LogP contribution in [0, 0.1) is 11.8 Å². The molecule has 1 aliphatic heterocycles. The van der Waals surface area contributed by atoms with Gasteiger partial charge in [0.25, 0.3) is 11.9 Å². The van der Waals surface area contributed by atoms with Crippen LogP contribution in [0.1, 0.15) is 43.6 Å².